The number of unbranched alkanes of at least 4 members (excludes halogenated alkanes) is 5. The van der Waals surface area contributed by atoms with Gasteiger partial charge in [-0.1, -0.05) is 87.9 Å². The normalized spacial score (nSPS) is 17.1. The van der Waals surface area contributed by atoms with Crippen LogP contribution in [0.2, 0.25) is 0 Å². The topological polar surface area (TPSA) is 79.8 Å². The monoisotopic (exact) mass is 723 g/mol. The molecule has 0 aliphatic carbocycles. The van der Waals surface area contributed by atoms with Gasteiger partial charge in [0.25, 0.3) is 17.7 Å². The number of piperidine rings is 1. The number of nitrogens with zero attached hydrogens (tertiary/aromatic N) is 3. The molecule has 1 aromatic heterocycles. The number of amides is 2. The number of likely N-dealkylation sites (tertiary alicyclic amines) is 1. The Balaban J connectivity index is 1.23. The third-order valence-corrected chi connectivity index (χ3v) is 11.6. The van der Waals surface area contributed by atoms with Crippen LogP contribution in [0.4, 0.5) is 8.78 Å². The van der Waals surface area contributed by atoms with Crippen LogP contribution in [0.25, 0.3) is 11.1 Å². The van der Waals surface area contributed by atoms with E-state index < -0.39 is 11.9 Å². The average Bonchev–Trinajstić information content (AvgIpc) is 3.63. The van der Waals surface area contributed by atoms with Gasteiger partial charge in [-0.2, -0.15) is 0 Å². The lowest BCUT2D eigenvalue weighted by atomic mass is 9.94. The van der Waals surface area contributed by atoms with Gasteiger partial charge in [0, 0.05) is 60.4 Å². The Morgan fingerprint density at radius 3 is 2.34 bits per heavy atom. The van der Waals surface area contributed by atoms with E-state index in [2.05, 4.69) is 6.92 Å². The number of rotatable bonds is 14. The second kappa shape index (κ2) is 17.6. The largest absolute Gasteiger partial charge is 0.462 e. The van der Waals surface area contributed by atoms with Gasteiger partial charge in [0.1, 0.15) is 10.6 Å². The molecule has 0 spiro atoms. The quantitative estimate of drug-likeness (QED) is 0.122. The number of halogens is 2. The summed E-state index contributed by atoms with van der Waals surface area (Å²) in [6.07, 6.45) is 11.0. The third-order valence-electron chi connectivity index (χ3n) is 9.42. The van der Waals surface area contributed by atoms with Crippen molar-refractivity contribution < 1.29 is 27.9 Å². The van der Waals surface area contributed by atoms with Crippen molar-refractivity contribution in [3.8, 4) is 11.1 Å². The Morgan fingerprint density at radius 1 is 0.940 bits per heavy atom. The van der Waals surface area contributed by atoms with E-state index in [4.69, 9.17) is 9.72 Å². The van der Waals surface area contributed by atoms with Gasteiger partial charge >= 0.3 is 5.97 Å². The molecule has 5 rings (SSSR count). The number of hydrogen-bond acceptors (Lipinski definition) is 7. The first-order valence-electron chi connectivity index (χ1n) is 17.8. The van der Waals surface area contributed by atoms with Gasteiger partial charge in [0.15, 0.2) is 0 Å². The Labute approximate surface area is 302 Å². The van der Waals surface area contributed by atoms with Crippen molar-refractivity contribution in [2.24, 2.45) is 0 Å². The van der Waals surface area contributed by atoms with Crippen LogP contribution in [0.3, 0.4) is 0 Å². The molecule has 2 aliphatic heterocycles. The molecule has 7 nitrogen and oxygen atoms in total. The zero-order valence-electron chi connectivity index (χ0n) is 29.2. The van der Waals surface area contributed by atoms with Crippen molar-refractivity contribution in [2.75, 3.05) is 25.4 Å². The molecule has 2 aromatic carbocycles. The number of carbonyl (C=O) groups is 3. The molecule has 11 heteroatoms. The number of thioether (sulfide) groups is 1. The number of alkyl halides is 2. The highest BCUT2D eigenvalue weighted by Gasteiger charge is 2.33. The van der Waals surface area contributed by atoms with Crippen molar-refractivity contribution in [3.05, 3.63) is 86.8 Å². The number of hydrogen-bond donors (Lipinski definition) is 0. The average molecular weight is 724 g/mol. The molecule has 3 aromatic rings. The molecule has 50 heavy (non-hydrogen) atoms. The van der Waals surface area contributed by atoms with Crippen LogP contribution in [0.15, 0.2) is 65.0 Å². The maximum absolute atomic E-state index is 13.9. The summed E-state index contributed by atoms with van der Waals surface area (Å²) in [5, 5.41) is 2.69. The molecular formula is C39H47F2N3O4S2. The van der Waals surface area contributed by atoms with Crippen LogP contribution < -0.4 is 0 Å². The van der Waals surface area contributed by atoms with E-state index in [0.717, 1.165) is 31.2 Å². The highest BCUT2D eigenvalue weighted by Crippen LogP contribution is 2.35. The molecule has 268 valence electrons. The highest BCUT2D eigenvalue weighted by atomic mass is 32.2. The van der Waals surface area contributed by atoms with Crippen LogP contribution in [-0.4, -0.2) is 64.1 Å². The first-order chi connectivity index (χ1) is 24.1. The number of benzene rings is 2. The Kier molecular flexibility index (Phi) is 13.2. The molecule has 0 bridgehead atoms. The van der Waals surface area contributed by atoms with E-state index in [9.17, 15) is 23.2 Å². The van der Waals surface area contributed by atoms with Crippen molar-refractivity contribution in [1.29, 1.82) is 0 Å². The van der Waals surface area contributed by atoms with E-state index in [1.807, 2.05) is 28.5 Å². The van der Waals surface area contributed by atoms with E-state index in [-0.39, 0.29) is 35.9 Å². The lowest BCUT2D eigenvalue weighted by molar-refractivity contribution is -0.137. The summed E-state index contributed by atoms with van der Waals surface area (Å²) in [6, 6.07) is 13.4. The summed E-state index contributed by atoms with van der Waals surface area (Å²) in [5.74, 6) is -2.89. The maximum Gasteiger partial charge on any atom is 0.346 e. The van der Waals surface area contributed by atoms with Gasteiger partial charge in [-0.05, 0) is 43.4 Å². The zero-order chi connectivity index (χ0) is 35.7. The van der Waals surface area contributed by atoms with Crippen LogP contribution in [0, 0.1) is 0 Å². The molecule has 3 heterocycles. The van der Waals surface area contributed by atoms with Gasteiger partial charge in [0.05, 0.1) is 11.6 Å². The SMILES string of the molecule is CCCCCCCCC1CSC(C(=O)OCC)=CN1C(=O)c1csc(C2CCN(C(=O)c3ccccc3-c3ccc(C(C)(F)F)cc3)CC2)n1. The van der Waals surface area contributed by atoms with Crippen LogP contribution in [0.5, 0.6) is 0 Å². The number of carbonyl (C=O) groups excluding carboxylic acids is 3. The molecular weight excluding hydrogens is 677 g/mol. The molecule has 0 saturated carbocycles. The molecule has 1 unspecified atom stereocenters. The lowest BCUT2D eigenvalue weighted by Crippen LogP contribution is -2.41. The fourth-order valence-corrected chi connectivity index (χ4v) is 8.55. The maximum atomic E-state index is 13.9. The smallest absolute Gasteiger partial charge is 0.346 e. The van der Waals surface area contributed by atoms with E-state index in [0.29, 0.717) is 59.0 Å². The first kappa shape index (κ1) is 37.7. The number of thiazole rings is 1. The summed E-state index contributed by atoms with van der Waals surface area (Å²) >= 11 is 2.92. The minimum atomic E-state index is -2.93. The standard InChI is InChI=1S/C39H47F2N3O4S2/c1-4-6-7-8-9-10-13-30-25-49-34(38(47)48-5-2)24-44(30)37(46)33-26-50-35(42-33)28-20-22-43(23-21-28)36(45)32-15-12-11-14-31(32)27-16-18-29(19-17-27)39(3,40)41/h11-12,14-19,24,26,28,30H,4-10,13,20-23,25H2,1-3H3. The summed E-state index contributed by atoms with van der Waals surface area (Å²) in [7, 11) is 0. The molecule has 1 saturated heterocycles. The van der Waals surface area contributed by atoms with Gasteiger partial charge in [-0.25, -0.2) is 18.6 Å². The third kappa shape index (κ3) is 9.40. The summed E-state index contributed by atoms with van der Waals surface area (Å²) in [6.45, 7) is 6.20. The second-order valence-corrected chi connectivity index (χ2v) is 15.0. The van der Waals surface area contributed by atoms with Gasteiger partial charge in [-0.3, -0.25) is 9.59 Å². The van der Waals surface area contributed by atoms with Crippen molar-refractivity contribution >= 4 is 40.9 Å². The Morgan fingerprint density at radius 2 is 1.64 bits per heavy atom. The molecule has 2 amide bonds. The van der Waals surface area contributed by atoms with Crippen LogP contribution in [0.1, 0.15) is 116 Å². The highest BCUT2D eigenvalue weighted by molar-refractivity contribution is 8.04. The lowest BCUT2D eigenvalue weighted by Gasteiger charge is -2.33. The van der Waals surface area contributed by atoms with Crippen molar-refractivity contribution in [3.63, 3.8) is 0 Å². The van der Waals surface area contributed by atoms with Crippen LogP contribution >= 0.6 is 23.1 Å². The molecule has 0 radical (unpaired) electrons. The summed E-state index contributed by atoms with van der Waals surface area (Å²) < 4.78 is 32.8. The fourth-order valence-electron chi connectivity index (χ4n) is 6.53. The Bertz CT molecular complexity index is 1650. The number of esters is 1. The minimum absolute atomic E-state index is 0.0235. The van der Waals surface area contributed by atoms with Crippen molar-refractivity contribution in [1.82, 2.24) is 14.8 Å². The second-order valence-electron chi connectivity index (χ2n) is 13.1. The van der Waals surface area contributed by atoms with Gasteiger partial charge in [0.2, 0.25) is 0 Å². The van der Waals surface area contributed by atoms with E-state index in [1.54, 1.807) is 36.2 Å². The molecule has 1 atom stereocenters. The fraction of sp³-hybridized carbons (Fsp3) is 0.487. The Hall–Kier alpha value is -3.57. The number of aromatic nitrogens is 1. The predicted molar refractivity (Wildman–Crippen MR) is 197 cm³/mol. The van der Waals surface area contributed by atoms with E-state index >= 15 is 0 Å². The van der Waals surface area contributed by atoms with Crippen LogP contribution in [-0.2, 0) is 15.5 Å². The molecule has 1 fully saturated rings. The van der Waals surface area contributed by atoms with E-state index in [1.165, 1.54) is 60.9 Å². The first-order valence-corrected chi connectivity index (χ1v) is 19.6. The van der Waals surface area contributed by atoms with Crippen molar-refractivity contribution in [2.45, 2.75) is 96.4 Å². The zero-order valence-corrected chi connectivity index (χ0v) is 30.8. The molecule has 2 aliphatic rings. The number of ether oxygens (including phenoxy) is 1. The van der Waals surface area contributed by atoms with Gasteiger partial charge < -0.3 is 14.5 Å². The summed E-state index contributed by atoms with van der Waals surface area (Å²) in [4.78, 5) is 49.0. The summed E-state index contributed by atoms with van der Waals surface area (Å²) in [5.41, 5.74) is 2.26. The minimum Gasteiger partial charge on any atom is -0.462 e. The molecule has 0 N–H and O–H groups in total. The predicted octanol–water partition coefficient (Wildman–Crippen LogP) is 9.65. The van der Waals surface area contributed by atoms with Gasteiger partial charge in [-0.15, -0.1) is 23.1 Å².